The Kier molecular flexibility index (Phi) is 8.72. The summed E-state index contributed by atoms with van der Waals surface area (Å²) >= 11 is 0. The van der Waals surface area contributed by atoms with Gasteiger partial charge in [-0.3, -0.25) is 9.69 Å². The average molecular weight is 398 g/mol. The van der Waals surface area contributed by atoms with Crippen molar-refractivity contribution in [2.75, 3.05) is 31.9 Å². The number of nitrogen functional groups attached to an aromatic ring is 1. The van der Waals surface area contributed by atoms with E-state index in [1.165, 1.54) is 0 Å². The Morgan fingerprint density at radius 2 is 1.62 bits per heavy atom. The fraction of sp³-hybridized carbons (Fsp3) is 0.316. The first kappa shape index (κ1) is 22.1. The molecule has 0 unspecified atom stereocenters. The van der Waals surface area contributed by atoms with Crippen LogP contribution in [-0.2, 0) is 17.8 Å². The normalized spacial score (nSPS) is 14.2. The van der Waals surface area contributed by atoms with Crippen molar-refractivity contribution in [1.82, 2.24) is 9.80 Å². The zero-order valence-electron chi connectivity index (χ0n) is 14.5. The highest BCUT2D eigenvalue weighted by atomic mass is 35.5. The van der Waals surface area contributed by atoms with E-state index in [9.17, 15) is 9.90 Å². The zero-order valence-corrected chi connectivity index (χ0v) is 16.1. The summed E-state index contributed by atoms with van der Waals surface area (Å²) in [6.45, 7) is 3.99. The number of phenolic OH excluding ortho intramolecular Hbond substituents is 1. The van der Waals surface area contributed by atoms with Crippen LogP contribution in [0.2, 0.25) is 0 Å². The third kappa shape index (κ3) is 6.09. The van der Waals surface area contributed by atoms with Crippen molar-refractivity contribution in [3.05, 3.63) is 59.7 Å². The minimum atomic E-state index is 0. The second-order valence-electron chi connectivity index (χ2n) is 6.25. The summed E-state index contributed by atoms with van der Waals surface area (Å²) in [4.78, 5) is 16.6. The van der Waals surface area contributed by atoms with Gasteiger partial charge in [0, 0.05) is 38.4 Å². The van der Waals surface area contributed by atoms with Gasteiger partial charge in [-0.1, -0.05) is 24.3 Å². The number of aromatic hydroxyl groups is 1. The lowest BCUT2D eigenvalue weighted by molar-refractivity contribution is -0.132. The van der Waals surface area contributed by atoms with Gasteiger partial charge in [0.1, 0.15) is 5.75 Å². The van der Waals surface area contributed by atoms with Crippen LogP contribution in [0.1, 0.15) is 11.1 Å². The van der Waals surface area contributed by atoms with Gasteiger partial charge in [0.25, 0.3) is 0 Å². The maximum Gasteiger partial charge on any atom is 0.227 e. The molecule has 1 aliphatic rings. The SMILES string of the molecule is Cl.Cl.Nc1ccc(CC(=O)N2CCN(Cc3cccc(O)c3)CC2)cc1. The van der Waals surface area contributed by atoms with E-state index in [1.807, 2.05) is 41.3 Å². The molecule has 1 saturated heterocycles. The predicted molar refractivity (Wildman–Crippen MR) is 109 cm³/mol. The van der Waals surface area contributed by atoms with Crippen LogP contribution in [0.5, 0.6) is 5.75 Å². The van der Waals surface area contributed by atoms with Crippen LogP contribution < -0.4 is 5.73 Å². The van der Waals surface area contributed by atoms with E-state index in [2.05, 4.69) is 4.90 Å². The Balaban J connectivity index is 0.00000169. The second kappa shape index (κ2) is 10.3. The van der Waals surface area contributed by atoms with Crippen LogP contribution in [0.4, 0.5) is 5.69 Å². The molecule has 2 aromatic carbocycles. The molecular formula is C19H25Cl2N3O2. The van der Waals surface area contributed by atoms with E-state index in [1.54, 1.807) is 12.1 Å². The average Bonchev–Trinajstić information content (AvgIpc) is 2.57. The number of hydrogen-bond acceptors (Lipinski definition) is 4. The highest BCUT2D eigenvalue weighted by Crippen LogP contribution is 2.15. The van der Waals surface area contributed by atoms with Crippen molar-refractivity contribution in [2.24, 2.45) is 0 Å². The van der Waals surface area contributed by atoms with Gasteiger partial charge in [-0.2, -0.15) is 0 Å². The lowest BCUT2D eigenvalue weighted by Gasteiger charge is -2.34. The molecule has 0 aromatic heterocycles. The topological polar surface area (TPSA) is 69.8 Å². The van der Waals surface area contributed by atoms with Crippen LogP contribution in [0.3, 0.4) is 0 Å². The molecule has 0 bridgehead atoms. The number of carbonyl (C=O) groups is 1. The zero-order chi connectivity index (χ0) is 16.9. The van der Waals surface area contributed by atoms with Gasteiger partial charge in [-0.25, -0.2) is 0 Å². The number of rotatable bonds is 4. The van der Waals surface area contributed by atoms with E-state index < -0.39 is 0 Å². The number of piperazine rings is 1. The molecule has 0 saturated carbocycles. The fourth-order valence-corrected chi connectivity index (χ4v) is 2.99. The smallest absolute Gasteiger partial charge is 0.227 e. The lowest BCUT2D eigenvalue weighted by atomic mass is 10.1. The highest BCUT2D eigenvalue weighted by Gasteiger charge is 2.21. The number of nitrogens with two attached hydrogens (primary N) is 1. The third-order valence-corrected chi connectivity index (χ3v) is 4.38. The molecule has 1 heterocycles. The Labute approximate surface area is 166 Å². The molecule has 26 heavy (non-hydrogen) atoms. The molecule has 3 rings (SSSR count). The van der Waals surface area contributed by atoms with Gasteiger partial charge in [0.15, 0.2) is 0 Å². The fourth-order valence-electron chi connectivity index (χ4n) is 2.99. The molecule has 0 radical (unpaired) electrons. The molecule has 0 atom stereocenters. The summed E-state index contributed by atoms with van der Waals surface area (Å²) in [6, 6.07) is 14.8. The standard InChI is InChI=1S/C19H23N3O2.2ClH/c20-17-6-4-15(5-7-17)13-19(24)22-10-8-21(9-11-22)14-16-2-1-3-18(23)12-16;;/h1-7,12,23H,8-11,13-14,20H2;2*1H. The molecule has 3 N–H and O–H groups in total. The van der Waals surface area contributed by atoms with Crippen LogP contribution >= 0.6 is 24.8 Å². The number of carbonyl (C=O) groups excluding carboxylic acids is 1. The van der Waals surface area contributed by atoms with E-state index in [4.69, 9.17) is 5.73 Å². The largest absolute Gasteiger partial charge is 0.508 e. The Morgan fingerprint density at radius 3 is 2.23 bits per heavy atom. The van der Waals surface area contributed by atoms with Crippen molar-refractivity contribution in [3.8, 4) is 5.75 Å². The quantitative estimate of drug-likeness (QED) is 0.778. The van der Waals surface area contributed by atoms with Crippen LogP contribution in [0, 0.1) is 0 Å². The summed E-state index contributed by atoms with van der Waals surface area (Å²) in [5.41, 5.74) is 8.48. The lowest BCUT2D eigenvalue weighted by Crippen LogP contribution is -2.48. The van der Waals surface area contributed by atoms with Crippen molar-refractivity contribution in [1.29, 1.82) is 0 Å². The molecule has 5 nitrogen and oxygen atoms in total. The number of benzene rings is 2. The minimum absolute atomic E-state index is 0. The van der Waals surface area contributed by atoms with Crippen molar-refractivity contribution >= 4 is 36.4 Å². The van der Waals surface area contributed by atoms with Gasteiger partial charge >= 0.3 is 0 Å². The Bertz CT molecular complexity index is 702. The summed E-state index contributed by atoms with van der Waals surface area (Å²) in [5.74, 6) is 0.460. The van der Waals surface area contributed by atoms with Gasteiger partial charge in [0.05, 0.1) is 6.42 Å². The molecule has 1 fully saturated rings. The highest BCUT2D eigenvalue weighted by molar-refractivity contribution is 5.85. The summed E-state index contributed by atoms with van der Waals surface area (Å²) in [6.07, 6.45) is 0.423. The minimum Gasteiger partial charge on any atom is -0.508 e. The van der Waals surface area contributed by atoms with E-state index in [-0.39, 0.29) is 30.7 Å². The maximum absolute atomic E-state index is 12.4. The number of nitrogens with zero attached hydrogens (tertiary/aromatic N) is 2. The molecule has 2 aromatic rings. The first-order valence-electron chi connectivity index (χ1n) is 8.22. The number of halogens is 2. The van der Waals surface area contributed by atoms with Crippen LogP contribution in [0.15, 0.2) is 48.5 Å². The molecule has 0 aliphatic carbocycles. The van der Waals surface area contributed by atoms with Gasteiger partial charge in [-0.05, 0) is 35.4 Å². The van der Waals surface area contributed by atoms with E-state index in [0.717, 1.165) is 43.9 Å². The number of anilines is 1. The second-order valence-corrected chi connectivity index (χ2v) is 6.25. The molecule has 1 amide bonds. The number of phenols is 1. The summed E-state index contributed by atoms with van der Waals surface area (Å²) in [7, 11) is 0. The first-order valence-corrected chi connectivity index (χ1v) is 8.22. The molecular weight excluding hydrogens is 373 g/mol. The molecule has 142 valence electrons. The van der Waals surface area contributed by atoms with Crippen molar-refractivity contribution in [3.63, 3.8) is 0 Å². The van der Waals surface area contributed by atoms with Gasteiger partial charge in [-0.15, -0.1) is 24.8 Å². The molecule has 7 heteroatoms. The molecule has 0 spiro atoms. The van der Waals surface area contributed by atoms with Gasteiger partial charge < -0.3 is 15.7 Å². The Morgan fingerprint density at radius 1 is 0.962 bits per heavy atom. The first-order chi connectivity index (χ1) is 11.6. The number of amides is 1. The number of hydrogen-bond donors (Lipinski definition) is 2. The van der Waals surface area contributed by atoms with Gasteiger partial charge in [0.2, 0.25) is 5.91 Å². The molecule has 1 aliphatic heterocycles. The summed E-state index contributed by atoms with van der Waals surface area (Å²) < 4.78 is 0. The van der Waals surface area contributed by atoms with Crippen LogP contribution in [-0.4, -0.2) is 47.0 Å². The van der Waals surface area contributed by atoms with E-state index in [0.29, 0.717) is 17.9 Å². The predicted octanol–water partition coefficient (Wildman–Crippen LogP) is 2.70. The van der Waals surface area contributed by atoms with E-state index >= 15 is 0 Å². The van der Waals surface area contributed by atoms with Crippen LogP contribution in [0.25, 0.3) is 0 Å². The van der Waals surface area contributed by atoms with Crippen molar-refractivity contribution < 1.29 is 9.90 Å². The Hall–Kier alpha value is -1.95. The summed E-state index contributed by atoms with van der Waals surface area (Å²) in [5, 5.41) is 9.54. The van der Waals surface area contributed by atoms with Crippen molar-refractivity contribution in [2.45, 2.75) is 13.0 Å². The monoisotopic (exact) mass is 397 g/mol. The third-order valence-electron chi connectivity index (χ3n) is 4.38. The maximum atomic E-state index is 12.4.